The molecule has 0 radical (unpaired) electrons. The van der Waals surface area contributed by atoms with E-state index in [1.807, 2.05) is 38.1 Å². The maximum absolute atomic E-state index is 11.5. The van der Waals surface area contributed by atoms with E-state index >= 15 is 0 Å². The van der Waals surface area contributed by atoms with Crippen LogP contribution < -0.4 is 16.0 Å². The summed E-state index contributed by atoms with van der Waals surface area (Å²) in [4.78, 5) is 22.6. The summed E-state index contributed by atoms with van der Waals surface area (Å²) in [6.45, 7) is 4.69. The van der Waals surface area contributed by atoms with Crippen molar-refractivity contribution in [2.75, 3.05) is 25.0 Å². The fourth-order valence-electron chi connectivity index (χ4n) is 1.39. The molecular weight excluding hydrogens is 230 g/mol. The van der Waals surface area contributed by atoms with E-state index < -0.39 is 0 Å². The van der Waals surface area contributed by atoms with Crippen LogP contribution >= 0.6 is 0 Å². The first-order chi connectivity index (χ1) is 8.61. The summed E-state index contributed by atoms with van der Waals surface area (Å²) < 4.78 is 0. The van der Waals surface area contributed by atoms with Crippen molar-refractivity contribution in [3.05, 3.63) is 29.8 Å². The van der Waals surface area contributed by atoms with Gasteiger partial charge in [0, 0.05) is 12.2 Å². The molecule has 0 aromatic heterocycles. The fraction of sp³-hybridized carbons (Fsp3) is 0.385. The van der Waals surface area contributed by atoms with Crippen LogP contribution in [0.1, 0.15) is 12.5 Å². The molecule has 5 nitrogen and oxygen atoms in total. The van der Waals surface area contributed by atoms with Gasteiger partial charge in [-0.25, -0.2) is 0 Å². The SMILES string of the molecule is CCNC(=O)CNCC(=O)Nc1ccc(C)cc1. The molecule has 0 atom stereocenters. The zero-order valence-corrected chi connectivity index (χ0v) is 10.7. The number of anilines is 1. The van der Waals surface area contributed by atoms with E-state index in [4.69, 9.17) is 0 Å². The minimum atomic E-state index is -0.164. The Kier molecular flexibility index (Phi) is 5.87. The van der Waals surface area contributed by atoms with Gasteiger partial charge in [-0.1, -0.05) is 17.7 Å². The first kappa shape index (κ1) is 14.2. The van der Waals surface area contributed by atoms with Gasteiger partial charge in [0.25, 0.3) is 0 Å². The van der Waals surface area contributed by atoms with E-state index in [0.29, 0.717) is 6.54 Å². The third-order valence-corrected chi connectivity index (χ3v) is 2.28. The molecule has 0 saturated heterocycles. The van der Waals surface area contributed by atoms with Gasteiger partial charge >= 0.3 is 0 Å². The predicted molar refractivity (Wildman–Crippen MR) is 71.4 cm³/mol. The zero-order valence-electron chi connectivity index (χ0n) is 10.7. The van der Waals surface area contributed by atoms with Gasteiger partial charge in [-0.3, -0.25) is 14.9 Å². The molecule has 0 unspecified atom stereocenters. The van der Waals surface area contributed by atoms with Crippen molar-refractivity contribution >= 4 is 17.5 Å². The first-order valence-electron chi connectivity index (χ1n) is 5.95. The molecule has 1 rings (SSSR count). The normalized spacial score (nSPS) is 9.89. The molecule has 3 N–H and O–H groups in total. The molecule has 0 saturated carbocycles. The second-order valence-electron chi connectivity index (χ2n) is 3.97. The Labute approximate surface area is 107 Å². The highest BCUT2D eigenvalue weighted by Gasteiger charge is 2.03. The van der Waals surface area contributed by atoms with Gasteiger partial charge in [-0.05, 0) is 26.0 Å². The van der Waals surface area contributed by atoms with E-state index in [9.17, 15) is 9.59 Å². The lowest BCUT2D eigenvalue weighted by atomic mass is 10.2. The number of amides is 2. The van der Waals surface area contributed by atoms with E-state index in [1.165, 1.54) is 0 Å². The van der Waals surface area contributed by atoms with Gasteiger partial charge in [0.05, 0.1) is 13.1 Å². The number of hydrogen-bond acceptors (Lipinski definition) is 3. The summed E-state index contributed by atoms with van der Waals surface area (Å²) in [6.07, 6.45) is 0. The summed E-state index contributed by atoms with van der Waals surface area (Å²) >= 11 is 0. The second-order valence-corrected chi connectivity index (χ2v) is 3.97. The van der Waals surface area contributed by atoms with Crippen LogP contribution in [-0.2, 0) is 9.59 Å². The van der Waals surface area contributed by atoms with Gasteiger partial charge in [-0.15, -0.1) is 0 Å². The number of likely N-dealkylation sites (N-methyl/N-ethyl adjacent to an activating group) is 1. The summed E-state index contributed by atoms with van der Waals surface area (Å²) in [6, 6.07) is 7.55. The molecule has 5 heteroatoms. The van der Waals surface area contributed by atoms with Crippen LogP contribution in [0, 0.1) is 6.92 Å². The number of rotatable bonds is 6. The topological polar surface area (TPSA) is 70.2 Å². The summed E-state index contributed by atoms with van der Waals surface area (Å²) in [5.74, 6) is -0.274. The van der Waals surface area contributed by atoms with Gasteiger partial charge in [0.15, 0.2) is 0 Å². The van der Waals surface area contributed by atoms with Gasteiger partial charge in [0.1, 0.15) is 0 Å². The molecule has 98 valence electrons. The van der Waals surface area contributed by atoms with Crippen LogP contribution in [0.4, 0.5) is 5.69 Å². The van der Waals surface area contributed by atoms with Crippen molar-refractivity contribution in [1.29, 1.82) is 0 Å². The molecular formula is C13H19N3O2. The molecule has 0 heterocycles. The van der Waals surface area contributed by atoms with E-state index in [1.54, 1.807) is 0 Å². The van der Waals surface area contributed by atoms with Crippen molar-refractivity contribution in [2.24, 2.45) is 0 Å². The molecule has 0 fully saturated rings. The minimum Gasteiger partial charge on any atom is -0.355 e. The zero-order chi connectivity index (χ0) is 13.4. The molecule has 18 heavy (non-hydrogen) atoms. The van der Waals surface area contributed by atoms with E-state index in [0.717, 1.165) is 11.3 Å². The highest BCUT2D eigenvalue weighted by atomic mass is 16.2. The highest BCUT2D eigenvalue weighted by Crippen LogP contribution is 2.07. The van der Waals surface area contributed by atoms with Crippen molar-refractivity contribution < 1.29 is 9.59 Å². The third kappa shape index (κ3) is 5.45. The minimum absolute atomic E-state index is 0.111. The number of carbonyl (C=O) groups excluding carboxylic acids is 2. The average molecular weight is 249 g/mol. The van der Waals surface area contributed by atoms with Crippen LogP contribution in [0.5, 0.6) is 0 Å². The summed E-state index contributed by atoms with van der Waals surface area (Å²) in [5.41, 5.74) is 1.90. The van der Waals surface area contributed by atoms with Crippen LogP contribution in [0.3, 0.4) is 0 Å². The lowest BCUT2D eigenvalue weighted by Gasteiger charge is -2.07. The van der Waals surface area contributed by atoms with Gasteiger partial charge in [0.2, 0.25) is 11.8 Å². The number of benzene rings is 1. The number of aryl methyl sites for hydroxylation is 1. The van der Waals surface area contributed by atoms with Crippen molar-refractivity contribution in [1.82, 2.24) is 10.6 Å². The molecule has 1 aromatic carbocycles. The lowest BCUT2D eigenvalue weighted by Crippen LogP contribution is -2.37. The molecule has 0 aliphatic carbocycles. The lowest BCUT2D eigenvalue weighted by molar-refractivity contribution is -0.120. The van der Waals surface area contributed by atoms with Crippen molar-refractivity contribution in [2.45, 2.75) is 13.8 Å². The second kappa shape index (κ2) is 7.45. The van der Waals surface area contributed by atoms with E-state index in [-0.39, 0.29) is 24.9 Å². The Bertz CT molecular complexity index is 401. The Morgan fingerprint density at radius 1 is 1.06 bits per heavy atom. The first-order valence-corrected chi connectivity index (χ1v) is 5.95. The van der Waals surface area contributed by atoms with Crippen LogP contribution in [0.15, 0.2) is 24.3 Å². The smallest absolute Gasteiger partial charge is 0.238 e. The van der Waals surface area contributed by atoms with Crippen molar-refractivity contribution in [3.8, 4) is 0 Å². The van der Waals surface area contributed by atoms with Crippen LogP contribution in [-0.4, -0.2) is 31.4 Å². The maximum atomic E-state index is 11.5. The Hall–Kier alpha value is -1.88. The summed E-state index contributed by atoms with van der Waals surface area (Å²) in [5, 5.41) is 8.16. The predicted octanol–water partition coefficient (Wildman–Crippen LogP) is 0.659. The Morgan fingerprint density at radius 2 is 1.67 bits per heavy atom. The maximum Gasteiger partial charge on any atom is 0.238 e. The molecule has 1 aromatic rings. The van der Waals surface area contributed by atoms with Gasteiger partial charge < -0.3 is 10.6 Å². The number of carbonyl (C=O) groups is 2. The Morgan fingerprint density at radius 3 is 2.28 bits per heavy atom. The summed E-state index contributed by atoms with van der Waals surface area (Å²) in [7, 11) is 0. The fourth-order valence-corrected chi connectivity index (χ4v) is 1.39. The molecule has 0 bridgehead atoms. The highest BCUT2D eigenvalue weighted by molar-refractivity contribution is 5.92. The van der Waals surface area contributed by atoms with Crippen molar-refractivity contribution in [3.63, 3.8) is 0 Å². The van der Waals surface area contributed by atoms with Gasteiger partial charge in [-0.2, -0.15) is 0 Å². The Balaban J connectivity index is 2.25. The largest absolute Gasteiger partial charge is 0.355 e. The molecule has 0 aliphatic heterocycles. The molecule has 0 aliphatic rings. The monoisotopic (exact) mass is 249 g/mol. The quantitative estimate of drug-likeness (QED) is 0.693. The third-order valence-electron chi connectivity index (χ3n) is 2.28. The van der Waals surface area contributed by atoms with Crippen LogP contribution in [0.25, 0.3) is 0 Å². The number of hydrogen-bond donors (Lipinski definition) is 3. The molecule has 0 spiro atoms. The average Bonchev–Trinajstić information content (AvgIpc) is 2.32. The van der Waals surface area contributed by atoms with E-state index in [2.05, 4.69) is 16.0 Å². The standard InChI is InChI=1S/C13H19N3O2/c1-3-15-12(17)8-14-9-13(18)16-11-6-4-10(2)5-7-11/h4-7,14H,3,8-9H2,1-2H3,(H,15,17)(H,16,18). The number of nitrogens with one attached hydrogen (secondary N) is 3. The molecule has 2 amide bonds. The van der Waals surface area contributed by atoms with Crippen LogP contribution in [0.2, 0.25) is 0 Å².